The molecule has 0 bridgehead atoms. The number of carbonyl (C=O) groups is 2. The van der Waals surface area contributed by atoms with Crippen molar-refractivity contribution in [2.75, 3.05) is 0 Å². The normalized spacial score (nSPS) is 11.0. The van der Waals surface area contributed by atoms with Crippen molar-refractivity contribution >= 4 is 17.6 Å². The summed E-state index contributed by atoms with van der Waals surface area (Å²) in [5.41, 5.74) is 6.90. The number of carboxylic acids is 2. The van der Waals surface area contributed by atoms with E-state index in [0.29, 0.717) is 0 Å². The van der Waals surface area contributed by atoms with Gasteiger partial charge in [-0.25, -0.2) is 9.59 Å². The molecule has 0 aliphatic carbocycles. The summed E-state index contributed by atoms with van der Waals surface area (Å²) in [5, 5.41) is 25.2. The molecule has 1 aromatic rings. The monoisotopic (exact) mass is 298 g/mol. The number of hydrogen-bond acceptors (Lipinski definition) is 5. The number of rotatable bonds is 5. The van der Waals surface area contributed by atoms with Crippen LogP contribution in [0.3, 0.4) is 0 Å². The van der Waals surface area contributed by atoms with Crippen LogP contribution in [0.4, 0.5) is 5.69 Å². The molecule has 1 atom stereocenters. The van der Waals surface area contributed by atoms with E-state index in [-0.39, 0.29) is 16.7 Å². The fourth-order valence-electron chi connectivity index (χ4n) is 1.41. The Labute approximate surface area is 121 Å². The largest absolute Gasteiger partial charge is 0.473 e. The minimum atomic E-state index is -1.82. The van der Waals surface area contributed by atoms with Crippen LogP contribution in [0.5, 0.6) is 0 Å². The number of hydrogen-bond donors (Lipinski definition) is 3. The zero-order chi connectivity index (χ0) is 16.4. The summed E-state index contributed by atoms with van der Waals surface area (Å²) in [6.07, 6.45) is 2.94. The maximum absolute atomic E-state index is 10.4. The van der Waals surface area contributed by atoms with Crippen molar-refractivity contribution in [3.8, 4) is 0 Å². The fraction of sp³-hybridized carbons (Fsp3) is 0.385. The van der Waals surface area contributed by atoms with E-state index in [1.807, 2.05) is 6.92 Å². The van der Waals surface area contributed by atoms with E-state index < -0.39 is 11.9 Å². The number of carboxylic acid groups (broad SMARTS) is 2. The van der Waals surface area contributed by atoms with Gasteiger partial charge in [-0.05, 0) is 31.7 Å². The summed E-state index contributed by atoms with van der Waals surface area (Å²) in [7, 11) is 0. The first kappa shape index (κ1) is 18.5. The number of nitrogens with two attached hydrogens (primary N) is 1. The summed E-state index contributed by atoms with van der Waals surface area (Å²) in [4.78, 5) is 28.2. The van der Waals surface area contributed by atoms with E-state index in [1.165, 1.54) is 0 Å². The molecule has 21 heavy (non-hydrogen) atoms. The lowest BCUT2D eigenvalue weighted by molar-refractivity contribution is -0.384. The van der Waals surface area contributed by atoms with E-state index in [9.17, 15) is 10.1 Å². The smallest absolute Gasteiger partial charge is 0.414 e. The van der Waals surface area contributed by atoms with Gasteiger partial charge in [-0.15, -0.1) is 0 Å². The molecular formula is C13H18N2O6. The van der Waals surface area contributed by atoms with Gasteiger partial charge in [0.15, 0.2) is 0 Å². The van der Waals surface area contributed by atoms with Gasteiger partial charge >= 0.3 is 11.9 Å². The Kier molecular flexibility index (Phi) is 8.31. The first-order chi connectivity index (χ1) is 9.73. The minimum absolute atomic E-state index is 0.144. The molecule has 1 unspecified atom stereocenters. The van der Waals surface area contributed by atoms with Crippen LogP contribution in [-0.2, 0) is 16.0 Å². The number of aryl methyl sites for hydroxylation is 1. The van der Waals surface area contributed by atoms with Gasteiger partial charge in [0.2, 0.25) is 0 Å². The fourth-order valence-corrected chi connectivity index (χ4v) is 1.41. The maximum atomic E-state index is 10.4. The molecule has 0 radical (unpaired) electrons. The van der Waals surface area contributed by atoms with Crippen LogP contribution in [0.15, 0.2) is 24.3 Å². The second-order valence-corrected chi connectivity index (χ2v) is 4.40. The lowest BCUT2D eigenvalue weighted by Gasteiger charge is -2.04. The van der Waals surface area contributed by atoms with E-state index in [2.05, 4.69) is 0 Å². The Hall–Kier alpha value is -2.48. The second kappa shape index (κ2) is 9.43. The Morgan fingerprint density at radius 1 is 1.24 bits per heavy atom. The van der Waals surface area contributed by atoms with Crippen molar-refractivity contribution in [2.24, 2.45) is 5.73 Å². The third kappa shape index (κ3) is 9.11. The first-order valence-electron chi connectivity index (χ1n) is 6.19. The van der Waals surface area contributed by atoms with Gasteiger partial charge in [0.05, 0.1) is 4.92 Å². The number of nitro groups is 1. The summed E-state index contributed by atoms with van der Waals surface area (Å²) in [6.45, 7) is 1.98. The minimum Gasteiger partial charge on any atom is -0.473 e. The van der Waals surface area contributed by atoms with Crippen molar-refractivity contribution < 1.29 is 24.7 Å². The number of benzene rings is 1. The maximum Gasteiger partial charge on any atom is 0.414 e. The van der Waals surface area contributed by atoms with Gasteiger partial charge in [-0.1, -0.05) is 12.1 Å². The molecule has 1 aromatic carbocycles. The van der Waals surface area contributed by atoms with Crippen molar-refractivity contribution in [1.29, 1.82) is 0 Å². The lowest BCUT2D eigenvalue weighted by Crippen LogP contribution is -2.14. The van der Waals surface area contributed by atoms with Crippen molar-refractivity contribution in [1.82, 2.24) is 0 Å². The Bertz CT molecular complexity index is 472. The molecule has 8 heteroatoms. The number of nitro benzene ring substituents is 1. The highest BCUT2D eigenvalue weighted by Crippen LogP contribution is 2.13. The molecule has 0 aliphatic heterocycles. The van der Waals surface area contributed by atoms with Crippen LogP contribution in [-0.4, -0.2) is 33.1 Å². The zero-order valence-corrected chi connectivity index (χ0v) is 11.6. The molecule has 116 valence electrons. The predicted molar refractivity (Wildman–Crippen MR) is 75.0 cm³/mol. The molecule has 0 amide bonds. The van der Waals surface area contributed by atoms with E-state index in [1.54, 1.807) is 24.3 Å². The molecule has 1 rings (SSSR count). The molecule has 0 spiro atoms. The van der Waals surface area contributed by atoms with Gasteiger partial charge in [0.1, 0.15) is 0 Å². The van der Waals surface area contributed by atoms with Crippen LogP contribution in [0.2, 0.25) is 0 Å². The third-order valence-corrected chi connectivity index (χ3v) is 2.46. The first-order valence-corrected chi connectivity index (χ1v) is 6.19. The van der Waals surface area contributed by atoms with Crippen LogP contribution in [0.1, 0.15) is 25.3 Å². The van der Waals surface area contributed by atoms with Gasteiger partial charge in [0, 0.05) is 18.2 Å². The molecule has 0 aliphatic rings. The predicted octanol–water partition coefficient (Wildman–Crippen LogP) is 1.42. The average molecular weight is 298 g/mol. The van der Waals surface area contributed by atoms with Crippen molar-refractivity contribution in [3.05, 3.63) is 39.9 Å². The molecule has 4 N–H and O–H groups in total. The topological polar surface area (TPSA) is 144 Å². The highest BCUT2D eigenvalue weighted by atomic mass is 16.6. The van der Waals surface area contributed by atoms with Crippen LogP contribution in [0.25, 0.3) is 0 Å². The Morgan fingerprint density at radius 2 is 1.71 bits per heavy atom. The van der Waals surface area contributed by atoms with E-state index in [0.717, 1.165) is 24.8 Å². The second-order valence-electron chi connectivity index (χ2n) is 4.40. The number of aliphatic carboxylic acids is 2. The molecular weight excluding hydrogens is 280 g/mol. The molecule has 0 saturated heterocycles. The zero-order valence-electron chi connectivity index (χ0n) is 11.6. The highest BCUT2D eigenvalue weighted by Gasteiger charge is 2.04. The molecule has 8 nitrogen and oxygen atoms in total. The molecule has 0 aromatic heterocycles. The summed E-state index contributed by atoms with van der Waals surface area (Å²) in [5.74, 6) is -3.65. The molecule has 0 fully saturated rings. The SMILES string of the molecule is CC(N)CCCc1ccc([N+](=O)[O-])cc1.O=C(O)C(=O)O. The third-order valence-electron chi connectivity index (χ3n) is 2.46. The quantitative estimate of drug-likeness (QED) is 0.423. The van der Waals surface area contributed by atoms with Crippen molar-refractivity contribution in [2.45, 2.75) is 32.2 Å². The van der Waals surface area contributed by atoms with Crippen LogP contribution < -0.4 is 5.73 Å². The highest BCUT2D eigenvalue weighted by molar-refractivity contribution is 6.27. The molecule has 0 saturated carbocycles. The summed E-state index contributed by atoms with van der Waals surface area (Å²) in [6, 6.07) is 6.92. The molecule has 0 heterocycles. The lowest BCUT2D eigenvalue weighted by atomic mass is 10.1. The Morgan fingerprint density at radius 3 is 2.05 bits per heavy atom. The van der Waals surface area contributed by atoms with Crippen molar-refractivity contribution in [3.63, 3.8) is 0 Å². The van der Waals surface area contributed by atoms with Gasteiger partial charge in [-0.3, -0.25) is 10.1 Å². The summed E-state index contributed by atoms with van der Waals surface area (Å²) >= 11 is 0. The average Bonchev–Trinajstić information content (AvgIpc) is 2.39. The van der Waals surface area contributed by atoms with Crippen LogP contribution >= 0.6 is 0 Å². The Balaban J connectivity index is 0.000000567. The van der Waals surface area contributed by atoms with E-state index >= 15 is 0 Å². The standard InChI is InChI=1S/C11H16N2O2.C2H2O4/c1-9(12)3-2-4-10-5-7-11(8-6-10)13(14)15;3-1(4)2(5)6/h5-9H,2-4,12H2,1H3;(H,3,4)(H,5,6). The van der Waals surface area contributed by atoms with Crippen LogP contribution in [0, 0.1) is 10.1 Å². The van der Waals surface area contributed by atoms with E-state index in [4.69, 9.17) is 25.5 Å². The number of non-ortho nitro benzene ring substituents is 1. The summed E-state index contributed by atoms with van der Waals surface area (Å²) < 4.78 is 0. The van der Waals surface area contributed by atoms with Gasteiger partial charge in [-0.2, -0.15) is 0 Å². The van der Waals surface area contributed by atoms with Gasteiger partial charge in [0.25, 0.3) is 5.69 Å². The van der Waals surface area contributed by atoms with Gasteiger partial charge < -0.3 is 15.9 Å². The number of nitrogens with zero attached hydrogens (tertiary/aromatic N) is 1.